The molecule has 2 aromatic rings. The molecule has 0 spiro atoms. The number of fused-ring (bicyclic) bond motifs is 1. The standard InChI is InChI=1S/C21H23F2N5O4S/c1-30-8-14-4-12-9-33-20(24)28-21(12,10-31-14)15-5-13(2-3-16(15)23)27-19(29)17-6-26-18(7-25-17)32-11-22/h2-3,5-7,12,14H,4,8-11H2,1H3,(H2,24,28)(H,27,29). The molecule has 1 aromatic carbocycles. The van der Waals surface area contributed by atoms with Crippen molar-refractivity contribution in [2.24, 2.45) is 16.6 Å². The van der Waals surface area contributed by atoms with E-state index in [9.17, 15) is 9.18 Å². The smallest absolute Gasteiger partial charge is 0.275 e. The first kappa shape index (κ1) is 23.3. The van der Waals surface area contributed by atoms with Gasteiger partial charge in [0.15, 0.2) is 5.17 Å². The number of aliphatic imine (C=N–C) groups is 1. The van der Waals surface area contributed by atoms with Gasteiger partial charge in [-0.15, -0.1) is 0 Å². The van der Waals surface area contributed by atoms with E-state index in [1.807, 2.05) is 0 Å². The third kappa shape index (κ3) is 4.92. The molecule has 1 fully saturated rings. The molecule has 1 saturated heterocycles. The van der Waals surface area contributed by atoms with Gasteiger partial charge in [-0.2, -0.15) is 0 Å². The van der Waals surface area contributed by atoms with E-state index in [0.29, 0.717) is 35.2 Å². The van der Waals surface area contributed by atoms with E-state index in [4.69, 9.17) is 15.2 Å². The fourth-order valence-corrected chi connectivity index (χ4v) is 5.05. The molecule has 1 amide bonds. The van der Waals surface area contributed by atoms with Crippen molar-refractivity contribution in [3.63, 3.8) is 0 Å². The molecular weight excluding hydrogens is 456 g/mol. The first-order valence-corrected chi connectivity index (χ1v) is 11.1. The molecule has 3 atom stereocenters. The van der Waals surface area contributed by atoms with Gasteiger partial charge < -0.3 is 25.3 Å². The number of carbonyl (C=O) groups is 1. The molecule has 1 aromatic heterocycles. The molecule has 12 heteroatoms. The van der Waals surface area contributed by atoms with Crippen LogP contribution >= 0.6 is 11.8 Å². The minimum Gasteiger partial charge on any atom is -0.445 e. The lowest BCUT2D eigenvalue weighted by Gasteiger charge is -2.46. The van der Waals surface area contributed by atoms with Gasteiger partial charge in [0.1, 0.15) is 17.1 Å². The summed E-state index contributed by atoms with van der Waals surface area (Å²) in [5, 5.41) is 3.04. The van der Waals surface area contributed by atoms with E-state index in [0.717, 1.165) is 12.4 Å². The van der Waals surface area contributed by atoms with Gasteiger partial charge in [-0.1, -0.05) is 11.8 Å². The molecule has 0 aliphatic carbocycles. The van der Waals surface area contributed by atoms with Gasteiger partial charge in [0.2, 0.25) is 12.7 Å². The lowest BCUT2D eigenvalue weighted by Crippen LogP contribution is -2.51. The Balaban J connectivity index is 1.60. The summed E-state index contributed by atoms with van der Waals surface area (Å²) in [6.45, 7) is -0.475. The number of amidine groups is 1. The number of ether oxygens (including phenoxy) is 3. The third-order valence-electron chi connectivity index (χ3n) is 5.61. The number of nitrogens with zero attached hydrogens (tertiary/aromatic N) is 3. The molecule has 33 heavy (non-hydrogen) atoms. The zero-order valence-electron chi connectivity index (χ0n) is 17.8. The predicted octanol–water partition coefficient (Wildman–Crippen LogP) is 2.48. The van der Waals surface area contributed by atoms with Crippen LogP contribution in [0.15, 0.2) is 35.6 Å². The minimum atomic E-state index is -1.05. The molecule has 3 heterocycles. The van der Waals surface area contributed by atoms with E-state index in [1.165, 1.54) is 23.9 Å². The summed E-state index contributed by atoms with van der Waals surface area (Å²) in [7, 11) is 1.61. The fourth-order valence-electron chi connectivity index (χ4n) is 4.04. The van der Waals surface area contributed by atoms with Crippen LogP contribution in [-0.2, 0) is 15.0 Å². The Hall–Kier alpha value is -2.83. The van der Waals surface area contributed by atoms with Gasteiger partial charge in [-0.3, -0.25) is 4.79 Å². The van der Waals surface area contributed by atoms with E-state index in [2.05, 4.69) is 25.0 Å². The summed E-state index contributed by atoms with van der Waals surface area (Å²) in [4.78, 5) is 25.0. The number of halogens is 2. The molecule has 2 aliphatic rings. The molecular formula is C21H23F2N5O4S. The highest BCUT2D eigenvalue weighted by atomic mass is 32.2. The maximum Gasteiger partial charge on any atom is 0.275 e. The SMILES string of the molecule is COCC1CC2CSC(N)=NC2(c2cc(NC(=O)c3cnc(OCF)cn3)ccc2F)CO1. The predicted molar refractivity (Wildman–Crippen MR) is 118 cm³/mol. The Morgan fingerprint density at radius 1 is 1.39 bits per heavy atom. The quantitative estimate of drug-likeness (QED) is 0.621. The number of aromatic nitrogens is 2. The maximum atomic E-state index is 15.1. The van der Waals surface area contributed by atoms with Crippen molar-refractivity contribution in [1.29, 1.82) is 0 Å². The molecule has 3 N–H and O–H groups in total. The fraction of sp³-hybridized carbons (Fsp3) is 0.429. The van der Waals surface area contributed by atoms with Crippen LogP contribution in [0.25, 0.3) is 0 Å². The zero-order valence-corrected chi connectivity index (χ0v) is 18.6. The largest absolute Gasteiger partial charge is 0.445 e. The van der Waals surface area contributed by atoms with E-state index in [1.54, 1.807) is 13.2 Å². The number of amides is 1. The molecule has 0 saturated carbocycles. The summed E-state index contributed by atoms with van der Waals surface area (Å²) in [6.07, 6.45) is 2.82. The van der Waals surface area contributed by atoms with E-state index >= 15 is 4.39 Å². The lowest BCUT2D eigenvalue weighted by molar-refractivity contribution is -0.0836. The zero-order chi connectivity index (χ0) is 23.4. The Kier molecular flexibility index (Phi) is 7.05. The van der Waals surface area contributed by atoms with Crippen molar-refractivity contribution in [2.45, 2.75) is 18.1 Å². The second-order valence-corrected chi connectivity index (χ2v) is 8.69. The molecule has 0 radical (unpaired) electrons. The van der Waals surface area contributed by atoms with Crippen molar-refractivity contribution in [3.8, 4) is 5.88 Å². The maximum absolute atomic E-state index is 15.1. The molecule has 9 nitrogen and oxygen atoms in total. The molecule has 2 aliphatic heterocycles. The van der Waals surface area contributed by atoms with Crippen LogP contribution in [0, 0.1) is 11.7 Å². The Bertz CT molecular complexity index is 1040. The van der Waals surface area contributed by atoms with E-state index in [-0.39, 0.29) is 30.2 Å². The average molecular weight is 480 g/mol. The monoisotopic (exact) mass is 479 g/mol. The highest BCUT2D eigenvalue weighted by Crippen LogP contribution is 2.47. The third-order valence-corrected chi connectivity index (χ3v) is 6.57. The second-order valence-electron chi connectivity index (χ2n) is 7.65. The van der Waals surface area contributed by atoms with Crippen LogP contribution in [0.3, 0.4) is 0 Å². The van der Waals surface area contributed by atoms with Crippen LogP contribution in [-0.4, -0.2) is 60.1 Å². The van der Waals surface area contributed by atoms with Gasteiger partial charge in [0, 0.05) is 30.0 Å². The Labute approximate surface area is 193 Å². The number of nitrogens with one attached hydrogen (secondary N) is 1. The van der Waals surface area contributed by atoms with Crippen molar-refractivity contribution in [2.75, 3.05) is 38.3 Å². The summed E-state index contributed by atoms with van der Waals surface area (Å²) in [6, 6.07) is 4.26. The number of nitrogens with two attached hydrogens (primary N) is 1. The van der Waals surface area contributed by atoms with Gasteiger partial charge in [-0.05, 0) is 24.6 Å². The summed E-state index contributed by atoms with van der Waals surface area (Å²) >= 11 is 1.43. The highest BCUT2D eigenvalue weighted by molar-refractivity contribution is 8.13. The topological polar surface area (TPSA) is 121 Å². The normalized spacial score (nSPS) is 24.5. The van der Waals surface area contributed by atoms with Crippen LogP contribution < -0.4 is 15.8 Å². The first-order chi connectivity index (χ1) is 15.9. The van der Waals surface area contributed by atoms with Crippen LogP contribution in [0.1, 0.15) is 22.5 Å². The summed E-state index contributed by atoms with van der Waals surface area (Å²) < 4.78 is 43.1. The van der Waals surface area contributed by atoms with Gasteiger partial charge in [0.25, 0.3) is 5.91 Å². The summed E-state index contributed by atoms with van der Waals surface area (Å²) in [5.41, 5.74) is 5.65. The number of carbonyl (C=O) groups excluding carboxylic acids is 1. The number of hydrogen-bond acceptors (Lipinski definition) is 9. The number of hydrogen-bond donors (Lipinski definition) is 2. The Morgan fingerprint density at radius 3 is 2.97 bits per heavy atom. The van der Waals surface area contributed by atoms with Gasteiger partial charge in [0.05, 0.1) is 31.7 Å². The van der Waals surface area contributed by atoms with Gasteiger partial charge in [-0.25, -0.2) is 23.7 Å². The number of alkyl halides is 1. The number of benzene rings is 1. The molecule has 3 unspecified atom stereocenters. The number of rotatable bonds is 7. The number of thioether (sulfide) groups is 1. The number of methoxy groups -OCH3 is 1. The van der Waals surface area contributed by atoms with Crippen LogP contribution in [0.4, 0.5) is 14.5 Å². The van der Waals surface area contributed by atoms with Gasteiger partial charge >= 0.3 is 0 Å². The average Bonchev–Trinajstić information content (AvgIpc) is 2.81. The summed E-state index contributed by atoms with van der Waals surface area (Å²) in [5.74, 6) is -0.445. The Morgan fingerprint density at radius 2 is 2.24 bits per heavy atom. The highest BCUT2D eigenvalue weighted by Gasteiger charge is 2.49. The molecule has 176 valence electrons. The minimum absolute atomic E-state index is 0.0112. The van der Waals surface area contributed by atoms with Crippen molar-refractivity contribution < 1.29 is 27.8 Å². The second kappa shape index (κ2) is 9.98. The van der Waals surface area contributed by atoms with Crippen LogP contribution in [0.2, 0.25) is 0 Å². The lowest BCUT2D eigenvalue weighted by atomic mass is 9.75. The van der Waals surface area contributed by atoms with Crippen LogP contribution in [0.5, 0.6) is 5.88 Å². The molecule has 0 bridgehead atoms. The van der Waals surface area contributed by atoms with Crippen molar-refractivity contribution in [1.82, 2.24) is 9.97 Å². The number of anilines is 1. The van der Waals surface area contributed by atoms with Crippen molar-refractivity contribution in [3.05, 3.63) is 47.7 Å². The van der Waals surface area contributed by atoms with Crippen molar-refractivity contribution >= 4 is 28.5 Å². The molecule has 4 rings (SSSR count). The van der Waals surface area contributed by atoms with E-state index < -0.39 is 24.1 Å². The first-order valence-electron chi connectivity index (χ1n) is 10.2.